The van der Waals surface area contributed by atoms with Crippen LogP contribution in [-0.4, -0.2) is 0 Å². The van der Waals surface area contributed by atoms with Crippen LogP contribution in [-0.2, 0) is 0 Å². The van der Waals surface area contributed by atoms with Crippen LogP contribution in [0.5, 0.6) is 0 Å². The molecule has 1 aliphatic rings. The summed E-state index contributed by atoms with van der Waals surface area (Å²) in [6.07, 6.45) is 24.9. The molecule has 0 amide bonds. The lowest BCUT2D eigenvalue weighted by molar-refractivity contribution is 0.285. The van der Waals surface area contributed by atoms with Crippen LogP contribution >= 0.6 is 0 Å². The Hall–Kier alpha value is -0.520. The van der Waals surface area contributed by atoms with E-state index in [1.807, 2.05) is 0 Å². The van der Waals surface area contributed by atoms with Crippen LogP contribution in [0.4, 0.5) is 0 Å². The Labute approximate surface area is 134 Å². The van der Waals surface area contributed by atoms with Gasteiger partial charge in [-0.25, -0.2) is 0 Å². The summed E-state index contributed by atoms with van der Waals surface area (Å²) in [5.41, 5.74) is 0. The van der Waals surface area contributed by atoms with Gasteiger partial charge in [0.05, 0.1) is 0 Å². The molecule has 0 heterocycles. The van der Waals surface area contributed by atoms with E-state index in [2.05, 4.69) is 45.1 Å². The first-order valence-electron chi connectivity index (χ1n) is 9.63. The maximum atomic E-state index is 2.48. The van der Waals surface area contributed by atoms with Crippen molar-refractivity contribution in [3.05, 3.63) is 24.3 Å². The van der Waals surface area contributed by atoms with Crippen LogP contribution < -0.4 is 0 Å². The molecule has 1 saturated carbocycles. The molecule has 0 N–H and O–H groups in total. The quantitative estimate of drug-likeness (QED) is 0.370. The molecular formula is C21H38. The minimum absolute atomic E-state index is 0.834. The van der Waals surface area contributed by atoms with Gasteiger partial charge in [0.15, 0.2) is 0 Å². The number of hydrogen-bond donors (Lipinski definition) is 0. The van der Waals surface area contributed by atoms with E-state index >= 15 is 0 Å². The van der Waals surface area contributed by atoms with Crippen molar-refractivity contribution < 1.29 is 0 Å². The lowest BCUT2D eigenvalue weighted by Crippen LogP contribution is -2.13. The third kappa shape index (κ3) is 8.49. The van der Waals surface area contributed by atoms with E-state index in [-0.39, 0.29) is 0 Å². The lowest BCUT2D eigenvalue weighted by atomic mass is 9.79. The Bertz CT molecular complexity index is 278. The van der Waals surface area contributed by atoms with Crippen LogP contribution in [0, 0.1) is 17.8 Å². The minimum Gasteiger partial charge on any atom is -0.0885 e. The summed E-state index contributed by atoms with van der Waals surface area (Å²) in [6.45, 7) is 6.84. The smallest absolute Gasteiger partial charge is 0.0233 e. The van der Waals surface area contributed by atoms with Gasteiger partial charge in [0.25, 0.3) is 0 Å². The summed E-state index contributed by atoms with van der Waals surface area (Å²) in [4.78, 5) is 0. The molecule has 1 aliphatic carbocycles. The highest BCUT2D eigenvalue weighted by Crippen LogP contribution is 2.33. The number of allylic oxidation sites excluding steroid dienone is 4. The molecule has 0 aromatic carbocycles. The summed E-state index contributed by atoms with van der Waals surface area (Å²) in [5.74, 6) is 2.75. The Morgan fingerprint density at radius 2 is 1.76 bits per heavy atom. The fraction of sp³-hybridized carbons (Fsp3) is 0.810. The average molecular weight is 291 g/mol. The number of unbranched alkanes of at least 4 members (excludes halogenated alkanes) is 1. The van der Waals surface area contributed by atoms with Gasteiger partial charge in [-0.15, -0.1) is 0 Å². The van der Waals surface area contributed by atoms with Crippen molar-refractivity contribution in [3.63, 3.8) is 0 Å². The van der Waals surface area contributed by atoms with Crippen molar-refractivity contribution in [2.45, 2.75) is 91.4 Å². The summed E-state index contributed by atoms with van der Waals surface area (Å²) >= 11 is 0. The first kappa shape index (κ1) is 18.5. The van der Waals surface area contributed by atoms with Crippen molar-refractivity contribution in [2.24, 2.45) is 17.8 Å². The maximum Gasteiger partial charge on any atom is -0.0233 e. The zero-order chi connectivity index (χ0) is 15.3. The number of hydrogen-bond acceptors (Lipinski definition) is 0. The molecule has 0 aromatic heterocycles. The van der Waals surface area contributed by atoms with E-state index in [0.29, 0.717) is 0 Å². The topological polar surface area (TPSA) is 0 Å². The van der Waals surface area contributed by atoms with E-state index in [1.54, 1.807) is 0 Å². The Morgan fingerprint density at radius 3 is 2.38 bits per heavy atom. The molecule has 0 saturated heterocycles. The van der Waals surface area contributed by atoms with Gasteiger partial charge in [0.2, 0.25) is 0 Å². The van der Waals surface area contributed by atoms with Gasteiger partial charge in [-0.2, -0.15) is 0 Å². The van der Waals surface area contributed by atoms with Gasteiger partial charge in [0.1, 0.15) is 0 Å². The van der Waals surface area contributed by atoms with E-state index in [1.165, 1.54) is 70.6 Å². The van der Waals surface area contributed by atoms with Gasteiger partial charge in [-0.3, -0.25) is 0 Å². The van der Waals surface area contributed by atoms with Crippen LogP contribution in [0.15, 0.2) is 24.3 Å². The zero-order valence-electron chi connectivity index (χ0n) is 14.8. The van der Waals surface area contributed by atoms with Crippen LogP contribution in [0.2, 0.25) is 0 Å². The van der Waals surface area contributed by atoms with Crippen LogP contribution in [0.25, 0.3) is 0 Å². The van der Waals surface area contributed by atoms with Gasteiger partial charge < -0.3 is 0 Å². The first-order valence-corrected chi connectivity index (χ1v) is 9.63. The molecular weight excluding hydrogens is 252 g/mol. The molecule has 1 atom stereocenters. The zero-order valence-corrected chi connectivity index (χ0v) is 14.8. The molecule has 0 nitrogen and oxygen atoms in total. The molecule has 0 spiro atoms. The second-order valence-corrected chi connectivity index (χ2v) is 6.93. The van der Waals surface area contributed by atoms with E-state index in [0.717, 1.165) is 17.8 Å². The molecule has 0 heteroatoms. The van der Waals surface area contributed by atoms with Gasteiger partial charge in [-0.05, 0) is 69.1 Å². The molecule has 0 aliphatic heterocycles. The summed E-state index contributed by atoms with van der Waals surface area (Å²) in [7, 11) is 0. The van der Waals surface area contributed by atoms with Gasteiger partial charge in [-0.1, -0.05) is 64.3 Å². The Balaban J connectivity index is 2.14. The predicted molar refractivity (Wildman–Crippen MR) is 96.6 cm³/mol. The van der Waals surface area contributed by atoms with E-state index < -0.39 is 0 Å². The SMILES string of the molecule is CC/C=C\C1CCC(CCCC(C=CCCC)CC)CC1. The van der Waals surface area contributed by atoms with Crippen LogP contribution in [0.3, 0.4) is 0 Å². The third-order valence-corrected chi connectivity index (χ3v) is 5.11. The lowest BCUT2D eigenvalue weighted by Gasteiger charge is -2.27. The summed E-state index contributed by atoms with van der Waals surface area (Å²) in [6, 6.07) is 0. The van der Waals surface area contributed by atoms with Crippen molar-refractivity contribution >= 4 is 0 Å². The molecule has 1 rings (SSSR count). The molecule has 1 fully saturated rings. The van der Waals surface area contributed by atoms with Crippen LogP contribution in [0.1, 0.15) is 91.4 Å². The monoisotopic (exact) mass is 290 g/mol. The molecule has 122 valence electrons. The Kier molecular flexibility index (Phi) is 10.6. The normalized spacial score (nSPS) is 24.9. The first-order chi connectivity index (χ1) is 10.3. The molecule has 0 bridgehead atoms. The third-order valence-electron chi connectivity index (χ3n) is 5.11. The molecule has 0 radical (unpaired) electrons. The van der Waals surface area contributed by atoms with Gasteiger partial charge >= 0.3 is 0 Å². The number of rotatable bonds is 10. The average Bonchev–Trinajstić information content (AvgIpc) is 2.52. The fourth-order valence-corrected chi connectivity index (χ4v) is 3.56. The van der Waals surface area contributed by atoms with Crippen molar-refractivity contribution in [3.8, 4) is 0 Å². The van der Waals surface area contributed by atoms with E-state index in [9.17, 15) is 0 Å². The predicted octanol–water partition coefficient (Wildman–Crippen LogP) is 7.31. The highest BCUT2D eigenvalue weighted by molar-refractivity contribution is 4.91. The summed E-state index contributed by atoms with van der Waals surface area (Å²) in [5, 5.41) is 0. The molecule has 0 aromatic rings. The second-order valence-electron chi connectivity index (χ2n) is 6.93. The van der Waals surface area contributed by atoms with E-state index in [4.69, 9.17) is 0 Å². The summed E-state index contributed by atoms with van der Waals surface area (Å²) < 4.78 is 0. The van der Waals surface area contributed by atoms with Crippen molar-refractivity contribution in [1.29, 1.82) is 0 Å². The van der Waals surface area contributed by atoms with Crippen molar-refractivity contribution in [1.82, 2.24) is 0 Å². The maximum absolute atomic E-state index is 2.48. The van der Waals surface area contributed by atoms with Crippen molar-refractivity contribution in [2.75, 3.05) is 0 Å². The van der Waals surface area contributed by atoms with Gasteiger partial charge in [0, 0.05) is 0 Å². The minimum atomic E-state index is 0.834. The Morgan fingerprint density at radius 1 is 1.00 bits per heavy atom. The standard InChI is InChI=1S/C21H38/c1-4-7-9-12-19(6-3)13-10-14-21-17-15-20(16-18-21)11-8-5-2/h8-9,11-12,19-21H,4-7,10,13-18H2,1-3H3/b11-8-,12-9?. The highest BCUT2D eigenvalue weighted by Gasteiger charge is 2.19. The largest absolute Gasteiger partial charge is 0.0885 e. The fourth-order valence-electron chi connectivity index (χ4n) is 3.56. The molecule has 21 heavy (non-hydrogen) atoms. The molecule has 1 unspecified atom stereocenters. The second kappa shape index (κ2) is 12.1. The highest BCUT2D eigenvalue weighted by atomic mass is 14.2.